The highest BCUT2D eigenvalue weighted by molar-refractivity contribution is 5.90. The Balaban J connectivity index is 1.92. The second kappa shape index (κ2) is 7.95. The number of hydrogen-bond acceptors (Lipinski definition) is 5. The van der Waals surface area contributed by atoms with Crippen molar-refractivity contribution in [1.29, 1.82) is 0 Å². The maximum Gasteiger partial charge on any atom is 0.226 e. The second-order valence-electron chi connectivity index (χ2n) is 6.73. The van der Waals surface area contributed by atoms with Crippen molar-refractivity contribution in [3.8, 4) is 11.5 Å². The predicted octanol–water partition coefficient (Wildman–Crippen LogP) is 1.52. The van der Waals surface area contributed by atoms with Crippen LogP contribution in [-0.4, -0.2) is 57.2 Å². The summed E-state index contributed by atoms with van der Waals surface area (Å²) in [4.78, 5) is 27.1. The lowest BCUT2D eigenvalue weighted by Crippen LogP contribution is -2.37. The molecule has 1 heterocycles. The molecule has 2 atom stereocenters. The highest BCUT2D eigenvalue weighted by Crippen LogP contribution is 2.41. The quantitative estimate of drug-likeness (QED) is 0.759. The molecule has 1 saturated carbocycles. The Kier molecular flexibility index (Phi) is 5.66. The fourth-order valence-electron chi connectivity index (χ4n) is 3.46. The molecule has 26 heavy (non-hydrogen) atoms. The van der Waals surface area contributed by atoms with Gasteiger partial charge < -0.3 is 24.4 Å². The summed E-state index contributed by atoms with van der Waals surface area (Å²) in [6.07, 6.45) is 2.24. The van der Waals surface area contributed by atoms with Gasteiger partial charge in [-0.25, -0.2) is 0 Å². The van der Waals surface area contributed by atoms with Gasteiger partial charge in [0, 0.05) is 26.1 Å². The smallest absolute Gasteiger partial charge is 0.226 e. The number of carbonyl (C=O) groups excluding carboxylic acids is 2. The molecule has 2 fully saturated rings. The van der Waals surface area contributed by atoms with Gasteiger partial charge >= 0.3 is 0 Å². The molecule has 1 aromatic carbocycles. The van der Waals surface area contributed by atoms with Crippen LogP contribution in [0.2, 0.25) is 0 Å². The Labute approximate surface area is 153 Å². The fraction of sp³-hybridized carbons (Fsp3) is 0.579. The van der Waals surface area contributed by atoms with Crippen LogP contribution in [0.3, 0.4) is 0 Å². The van der Waals surface area contributed by atoms with Crippen molar-refractivity contribution >= 4 is 11.8 Å². The highest BCUT2D eigenvalue weighted by atomic mass is 16.5. The molecule has 3 rings (SSSR count). The summed E-state index contributed by atoms with van der Waals surface area (Å²) in [5.41, 5.74) is 0.862. The van der Waals surface area contributed by atoms with Gasteiger partial charge in [-0.2, -0.15) is 0 Å². The third-order valence-corrected chi connectivity index (χ3v) is 4.98. The number of amides is 2. The first-order chi connectivity index (χ1) is 12.6. The Morgan fingerprint density at radius 1 is 1.19 bits per heavy atom. The minimum atomic E-state index is -0.418. The van der Waals surface area contributed by atoms with E-state index >= 15 is 0 Å². The average molecular weight is 362 g/mol. The molecule has 1 aromatic rings. The van der Waals surface area contributed by atoms with Crippen LogP contribution in [0.25, 0.3) is 0 Å². The van der Waals surface area contributed by atoms with E-state index in [1.165, 1.54) is 0 Å². The van der Waals surface area contributed by atoms with Crippen LogP contribution in [0.5, 0.6) is 11.5 Å². The minimum absolute atomic E-state index is 0.0298. The van der Waals surface area contributed by atoms with Crippen LogP contribution < -0.4 is 14.8 Å². The summed E-state index contributed by atoms with van der Waals surface area (Å²) in [5.74, 6) is 0.691. The number of benzene rings is 1. The van der Waals surface area contributed by atoms with E-state index in [2.05, 4.69) is 5.32 Å². The summed E-state index contributed by atoms with van der Waals surface area (Å²) >= 11 is 0. The van der Waals surface area contributed by atoms with Gasteiger partial charge in [0.1, 0.15) is 0 Å². The first-order valence-electron chi connectivity index (χ1n) is 8.89. The van der Waals surface area contributed by atoms with Crippen molar-refractivity contribution in [3.63, 3.8) is 0 Å². The van der Waals surface area contributed by atoms with Gasteiger partial charge in [-0.1, -0.05) is 6.07 Å². The van der Waals surface area contributed by atoms with Gasteiger partial charge in [-0.15, -0.1) is 0 Å². The van der Waals surface area contributed by atoms with Crippen molar-refractivity contribution in [1.82, 2.24) is 10.2 Å². The molecule has 0 spiro atoms. The van der Waals surface area contributed by atoms with Crippen molar-refractivity contribution in [3.05, 3.63) is 23.8 Å². The first kappa shape index (κ1) is 18.5. The second-order valence-corrected chi connectivity index (χ2v) is 6.73. The van der Waals surface area contributed by atoms with Gasteiger partial charge in [0.25, 0.3) is 0 Å². The van der Waals surface area contributed by atoms with E-state index in [9.17, 15) is 9.59 Å². The van der Waals surface area contributed by atoms with E-state index < -0.39 is 5.92 Å². The Bertz CT molecular complexity index is 674. The van der Waals surface area contributed by atoms with E-state index in [-0.39, 0.29) is 30.3 Å². The lowest BCUT2D eigenvalue weighted by atomic mass is 9.92. The minimum Gasteiger partial charge on any atom is -0.493 e. The van der Waals surface area contributed by atoms with Crippen LogP contribution >= 0.6 is 0 Å². The molecule has 2 amide bonds. The van der Waals surface area contributed by atoms with Crippen LogP contribution in [0.4, 0.5) is 0 Å². The summed E-state index contributed by atoms with van der Waals surface area (Å²) in [7, 11) is 4.75. The molecule has 7 heteroatoms. The summed E-state index contributed by atoms with van der Waals surface area (Å²) in [6, 6.07) is 5.47. The predicted molar refractivity (Wildman–Crippen MR) is 95.1 cm³/mol. The van der Waals surface area contributed by atoms with Crippen LogP contribution in [-0.2, 0) is 14.3 Å². The zero-order valence-corrected chi connectivity index (χ0v) is 15.5. The number of rotatable bonds is 8. The molecule has 1 aliphatic carbocycles. The lowest BCUT2D eigenvalue weighted by molar-refractivity contribution is -0.129. The normalized spacial score (nSPS) is 22.4. The number of nitrogens with zero attached hydrogens (tertiary/aromatic N) is 1. The number of likely N-dealkylation sites (tertiary alicyclic amines) is 1. The van der Waals surface area contributed by atoms with Crippen LogP contribution in [0.15, 0.2) is 18.2 Å². The molecule has 7 nitrogen and oxygen atoms in total. The monoisotopic (exact) mass is 362 g/mol. The molecule has 0 radical (unpaired) electrons. The van der Waals surface area contributed by atoms with Gasteiger partial charge in [0.05, 0.1) is 32.8 Å². The maximum atomic E-state index is 12.7. The summed E-state index contributed by atoms with van der Waals surface area (Å²) in [6.45, 7) is 0.869. The molecule has 1 aliphatic heterocycles. The third-order valence-electron chi connectivity index (χ3n) is 4.98. The largest absolute Gasteiger partial charge is 0.493 e. The van der Waals surface area contributed by atoms with Crippen LogP contribution in [0, 0.1) is 5.92 Å². The number of ether oxygens (including phenoxy) is 3. The molecule has 1 saturated heterocycles. The molecule has 142 valence electrons. The van der Waals surface area contributed by atoms with Gasteiger partial charge in [-0.05, 0) is 30.5 Å². The van der Waals surface area contributed by atoms with Gasteiger partial charge in [-0.3, -0.25) is 9.59 Å². The topological polar surface area (TPSA) is 77.1 Å². The molecule has 0 unspecified atom stereocenters. The van der Waals surface area contributed by atoms with Crippen molar-refractivity contribution in [2.75, 3.05) is 34.5 Å². The molecule has 0 bridgehead atoms. The zero-order chi connectivity index (χ0) is 18.7. The number of nitrogens with one attached hydrogen (secondary N) is 1. The lowest BCUT2D eigenvalue weighted by Gasteiger charge is -2.28. The molecule has 0 aromatic heterocycles. The Hall–Kier alpha value is -2.28. The first-order valence-corrected chi connectivity index (χ1v) is 8.89. The molecular formula is C19H26N2O5. The third kappa shape index (κ3) is 3.77. The van der Waals surface area contributed by atoms with Crippen molar-refractivity contribution in [2.45, 2.75) is 31.3 Å². The van der Waals surface area contributed by atoms with E-state index in [1.807, 2.05) is 12.1 Å². The number of hydrogen-bond donors (Lipinski definition) is 1. The zero-order valence-electron chi connectivity index (χ0n) is 15.5. The van der Waals surface area contributed by atoms with E-state index in [1.54, 1.807) is 32.3 Å². The Morgan fingerprint density at radius 2 is 1.92 bits per heavy atom. The standard InChI is InChI=1S/C19H26N2O5/c1-24-9-8-21-17(22)11-14(19(23)20-13-5-6-13)18(21)12-4-7-15(25-2)16(10-12)26-3/h4,7,10,13-14,18H,5-6,8-9,11H2,1-3H3,(H,20,23)/t14-,18+/m1/s1. The van der Waals surface area contributed by atoms with Gasteiger partial charge in [0.2, 0.25) is 11.8 Å². The Morgan fingerprint density at radius 3 is 2.54 bits per heavy atom. The van der Waals surface area contributed by atoms with Crippen molar-refractivity contribution < 1.29 is 23.8 Å². The van der Waals surface area contributed by atoms with Crippen molar-refractivity contribution in [2.24, 2.45) is 5.92 Å². The molecule has 1 N–H and O–H groups in total. The van der Waals surface area contributed by atoms with E-state index in [0.717, 1.165) is 18.4 Å². The highest BCUT2D eigenvalue weighted by Gasteiger charge is 2.45. The average Bonchev–Trinajstić information content (AvgIpc) is 3.40. The van der Waals surface area contributed by atoms with E-state index in [0.29, 0.717) is 24.7 Å². The SMILES string of the molecule is COCCN1C(=O)C[C@@H](C(=O)NC2CC2)[C@@H]1c1ccc(OC)c(OC)c1. The molecule has 2 aliphatic rings. The number of methoxy groups -OCH3 is 3. The summed E-state index contributed by atoms with van der Waals surface area (Å²) < 4.78 is 15.8. The summed E-state index contributed by atoms with van der Waals surface area (Å²) in [5, 5.41) is 3.04. The van der Waals surface area contributed by atoms with Gasteiger partial charge in [0.15, 0.2) is 11.5 Å². The maximum absolute atomic E-state index is 12.7. The molecular weight excluding hydrogens is 336 g/mol. The number of carbonyl (C=O) groups is 2. The fourth-order valence-corrected chi connectivity index (χ4v) is 3.46. The van der Waals surface area contributed by atoms with Crippen LogP contribution in [0.1, 0.15) is 30.9 Å². The van der Waals surface area contributed by atoms with E-state index in [4.69, 9.17) is 14.2 Å².